The van der Waals surface area contributed by atoms with Crippen LogP contribution in [0.2, 0.25) is 0 Å². The summed E-state index contributed by atoms with van der Waals surface area (Å²) in [5.41, 5.74) is 10.0. The maximum atomic E-state index is 12.6. The van der Waals surface area contributed by atoms with Gasteiger partial charge in [-0.15, -0.1) is 24.8 Å². The lowest BCUT2D eigenvalue weighted by Crippen LogP contribution is -2.44. The highest BCUT2D eigenvalue weighted by molar-refractivity contribution is 5.85. The van der Waals surface area contributed by atoms with Crippen LogP contribution in [0.1, 0.15) is 26.7 Å². The minimum atomic E-state index is -1.33. The van der Waals surface area contributed by atoms with Gasteiger partial charge in [-0.05, 0) is 32.3 Å². The van der Waals surface area contributed by atoms with E-state index in [0.717, 1.165) is 0 Å². The second kappa shape index (κ2) is 11.0. The van der Waals surface area contributed by atoms with E-state index in [1.165, 1.54) is 6.92 Å². The van der Waals surface area contributed by atoms with Crippen LogP contribution in [0, 0.1) is 0 Å². The second-order valence-corrected chi connectivity index (χ2v) is 4.20. The zero-order valence-corrected chi connectivity index (χ0v) is 12.7. The molecule has 19 heavy (non-hydrogen) atoms. The van der Waals surface area contributed by atoms with Gasteiger partial charge in [0.05, 0.1) is 12.4 Å². The lowest BCUT2D eigenvalue weighted by atomic mass is 9.94. The van der Waals surface area contributed by atoms with Crippen molar-refractivity contribution < 1.29 is 14.3 Å². The van der Waals surface area contributed by atoms with Crippen molar-refractivity contribution in [1.82, 2.24) is 0 Å². The Hall–Kier alpha value is -0.850. The molecule has 0 aromatic rings. The van der Waals surface area contributed by atoms with Gasteiger partial charge in [0.15, 0.2) is 0 Å². The first-order valence-electron chi connectivity index (χ1n) is 5.32. The quantitative estimate of drug-likeness (QED) is 0.377. The Balaban J connectivity index is -0.00000128. The van der Waals surface area contributed by atoms with Gasteiger partial charge in [-0.3, -0.25) is 9.79 Å². The van der Waals surface area contributed by atoms with E-state index in [1.807, 2.05) is 0 Å². The van der Waals surface area contributed by atoms with Crippen molar-refractivity contribution in [2.24, 2.45) is 16.5 Å². The van der Waals surface area contributed by atoms with Crippen LogP contribution in [-0.2, 0) is 4.79 Å². The standard InChI is InChI=1S/C11H20FN3O2.2ClH/c1-8(13)15-6-4-9(7-12)3-5-11(2,14)10(16)17;;/h4H,3,5-7,14H2,1-2H3,(H2,13,15)(H,16,17);2*1H/b9-4-;;/t11-;;/m0../s1. The van der Waals surface area contributed by atoms with Gasteiger partial charge in [0, 0.05) is 0 Å². The molecule has 0 amide bonds. The highest BCUT2D eigenvalue weighted by atomic mass is 35.5. The van der Waals surface area contributed by atoms with Crippen molar-refractivity contribution in [3.05, 3.63) is 11.6 Å². The molecule has 0 saturated heterocycles. The summed E-state index contributed by atoms with van der Waals surface area (Å²) in [5.74, 6) is -0.666. The van der Waals surface area contributed by atoms with Gasteiger partial charge in [0.2, 0.25) is 0 Å². The molecule has 0 rings (SSSR count). The van der Waals surface area contributed by atoms with Gasteiger partial charge < -0.3 is 16.6 Å². The van der Waals surface area contributed by atoms with Gasteiger partial charge >= 0.3 is 5.97 Å². The number of carboxylic acids is 1. The zero-order chi connectivity index (χ0) is 13.5. The summed E-state index contributed by atoms with van der Waals surface area (Å²) in [4.78, 5) is 14.6. The number of nitrogens with zero attached hydrogens (tertiary/aromatic N) is 1. The number of carbonyl (C=O) groups is 1. The maximum absolute atomic E-state index is 12.6. The summed E-state index contributed by atoms with van der Waals surface area (Å²) in [6.45, 7) is 2.72. The van der Waals surface area contributed by atoms with E-state index in [2.05, 4.69) is 4.99 Å². The number of hydrogen-bond donors (Lipinski definition) is 3. The Morgan fingerprint density at radius 3 is 2.37 bits per heavy atom. The Labute approximate surface area is 125 Å². The minimum Gasteiger partial charge on any atom is -0.480 e. The van der Waals surface area contributed by atoms with Crippen LogP contribution in [-0.4, -0.2) is 35.7 Å². The predicted molar refractivity (Wildman–Crippen MR) is 80.2 cm³/mol. The molecule has 114 valence electrons. The molecule has 0 heterocycles. The molecule has 0 aliphatic rings. The molecule has 0 bridgehead atoms. The summed E-state index contributed by atoms with van der Waals surface area (Å²) in [5, 5.41) is 8.80. The average molecular weight is 318 g/mol. The summed E-state index contributed by atoms with van der Waals surface area (Å²) in [6.07, 6.45) is 2.09. The van der Waals surface area contributed by atoms with Crippen LogP contribution < -0.4 is 11.5 Å². The average Bonchev–Trinajstić information content (AvgIpc) is 2.22. The third-order valence-electron chi connectivity index (χ3n) is 2.35. The molecular weight excluding hydrogens is 296 g/mol. The molecule has 1 atom stereocenters. The number of halogens is 3. The molecule has 5 nitrogen and oxygen atoms in total. The van der Waals surface area contributed by atoms with Gasteiger partial charge in [-0.25, -0.2) is 4.39 Å². The summed E-state index contributed by atoms with van der Waals surface area (Å²) in [7, 11) is 0. The molecule has 0 aromatic carbocycles. The number of rotatable bonds is 7. The van der Waals surface area contributed by atoms with Crippen LogP contribution in [0.5, 0.6) is 0 Å². The van der Waals surface area contributed by atoms with Gasteiger partial charge in [-0.1, -0.05) is 6.08 Å². The number of aliphatic imine (C=N–C) groups is 1. The number of nitrogens with two attached hydrogens (primary N) is 2. The molecule has 0 radical (unpaired) electrons. The van der Waals surface area contributed by atoms with Gasteiger partial charge in [-0.2, -0.15) is 0 Å². The molecule has 8 heteroatoms. The third kappa shape index (κ3) is 10.7. The molecule has 0 fully saturated rings. The fraction of sp³-hybridized carbons (Fsp3) is 0.636. The molecule has 0 saturated carbocycles. The third-order valence-corrected chi connectivity index (χ3v) is 2.35. The Kier molecular flexibility index (Phi) is 13.5. The van der Waals surface area contributed by atoms with E-state index < -0.39 is 18.2 Å². The van der Waals surface area contributed by atoms with Crippen molar-refractivity contribution in [2.45, 2.75) is 32.2 Å². The fourth-order valence-electron chi connectivity index (χ4n) is 1.07. The topological polar surface area (TPSA) is 102 Å². The largest absolute Gasteiger partial charge is 0.480 e. The monoisotopic (exact) mass is 317 g/mol. The lowest BCUT2D eigenvalue weighted by molar-refractivity contribution is -0.142. The number of allylic oxidation sites excluding steroid dienone is 1. The maximum Gasteiger partial charge on any atom is 0.323 e. The van der Waals surface area contributed by atoms with E-state index in [9.17, 15) is 9.18 Å². The fourth-order valence-corrected chi connectivity index (χ4v) is 1.07. The normalized spacial score (nSPS) is 14.9. The zero-order valence-electron chi connectivity index (χ0n) is 11.1. The van der Waals surface area contributed by atoms with Crippen LogP contribution in [0.3, 0.4) is 0 Å². The van der Waals surface area contributed by atoms with Crippen LogP contribution in [0.15, 0.2) is 16.6 Å². The number of hydrogen-bond acceptors (Lipinski definition) is 3. The van der Waals surface area contributed by atoms with E-state index in [-0.39, 0.29) is 31.2 Å². The van der Waals surface area contributed by atoms with Crippen molar-refractivity contribution in [3.63, 3.8) is 0 Å². The summed E-state index contributed by atoms with van der Waals surface area (Å²) in [6, 6.07) is 0. The summed E-state index contributed by atoms with van der Waals surface area (Å²) >= 11 is 0. The molecule has 0 aliphatic carbocycles. The van der Waals surface area contributed by atoms with Crippen LogP contribution in [0.25, 0.3) is 0 Å². The lowest BCUT2D eigenvalue weighted by Gasteiger charge is -2.19. The SMILES string of the molecule is CC(N)=NC/C=C(\CF)CC[C@](C)(N)C(=O)O.Cl.Cl. The molecule has 0 spiro atoms. The van der Waals surface area contributed by atoms with Gasteiger partial charge in [0.25, 0.3) is 0 Å². The van der Waals surface area contributed by atoms with Gasteiger partial charge in [0.1, 0.15) is 12.2 Å². The highest BCUT2D eigenvalue weighted by Crippen LogP contribution is 2.14. The second-order valence-electron chi connectivity index (χ2n) is 4.20. The minimum absolute atomic E-state index is 0. The molecule has 0 aromatic heterocycles. The molecule has 0 aliphatic heterocycles. The van der Waals surface area contributed by atoms with Crippen molar-refractivity contribution in [3.8, 4) is 0 Å². The van der Waals surface area contributed by atoms with E-state index >= 15 is 0 Å². The van der Waals surface area contributed by atoms with Crippen LogP contribution >= 0.6 is 24.8 Å². The summed E-state index contributed by atoms with van der Waals surface area (Å²) < 4.78 is 12.6. The number of aliphatic carboxylic acids is 1. The van der Waals surface area contributed by atoms with Crippen molar-refractivity contribution in [2.75, 3.05) is 13.2 Å². The predicted octanol–water partition coefficient (Wildman–Crippen LogP) is 1.69. The number of amidine groups is 1. The Morgan fingerprint density at radius 1 is 1.47 bits per heavy atom. The van der Waals surface area contributed by atoms with Crippen LogP contribution in [0.4, 0.5) is 4.39 Å². The number of alkyl halides is 1. The molecule has 5 N–H and O–H groups in total. The first-order chi connectivity index (χ1) is 7.79. The molecule has 0 unspecified atom stereocenters. The highest BCUT2D eigenvalue weighted by Gasteiger charge is 2.27. The Morgan fingerprint density at radius 2 is 2.00 bits per heavy atom. The number of carboxylic acid groups (broad SMARTS) is 1. The smallest absolute Gasteiger partial charge is 0.323 e. The van der Waals surface area contributed by atoms with Crippen molar-refractivity contribution in [1.29, 1.82) is 0 Å². The van der Waals surface area contributed by atoms with E-state index in [0.29, 0.717) is 24.4 Å². The van der Waals surface area contributed by atoms with Crippen molar-refractivity contribution >= 4 is 36.6 Å². The first-order valence-corrected chi connectivity index (χ1v) is 5.32. The Bertz CT molecular complexity index is 330. The van der Waals surface area contributed by atoms with E-state index in [1.54, 1.807) is 13.0 Å². The first kappa shape index (κ1) is 23.3. The van der Waals surface area contributed by atoms with E-state index in [4.69, 9.17) is 16.6 Å². The molecular formula is C11H22Cl2FN3O2.